The van der Waals surface area contributed by atoms with Gasteiger partial charge in [-0.05, 0) is 48.5 Å². The summed E-state index contributed by atoms with van der Waals surface area (Å²) in [6.45, 7) is 10.3. The highest BCUT2D eigenvalue weighted by atomic mass is 19.4. The van der Waals surface area contributed by atoms with E-state index in [-0.39, 0.29) is 5.92 Å². The predicted octanol–water partition coefficient (Wildman–Crippen LogP) is 4.69. The minimum absolute atomic E-state index is 0.233. The first-order chi connectivity index (χ1) is 9.21. The lowest BCUT2D eigenvalue weighted by Crippen LogP contribution is -2.27. The first-order valence-electron chi connectivity index (χ1n) is 7.09. The summed E-state index contributed by atoms with van der Waals surface area (Å²) in [6.07, 6.45) is -4.26. The SMILES string of the molecule is CC(C)CNCC(C)C(C)c1ccc(C(F)(F)F)cc1. The summed E-state index contributed by atoms with van der Waals surface area (Å²) in [5.41, 5.74) is 0.371. The number of hydrogen-bond donors (Lipinski definition) is 1. The van der Waals surface area contributed by atoms with Crippen molar-refractivity contribution in [1.29, 1.82) is 0 Å². The molecule has 0 saturated carbocycles. The van der Waals surface area contributed by atoms with Crippen LogP contribution in [0.5, 0.6) is 0 Å². The second-order valence-electron chi connectivity index (χ2n) is 5.94. The van der Waals surface area contributed by atoms with Crippen molar-refractivity contribution < 1.29 is 13.2 Å². The number of halogens is 3. The first kappa shape index (κ1) is 17.0. The molecular weight excluding hydrogens is 263 g/mol. The molecule has 114 valence electrons. The third-order valence-electron chi connectivity index (χ3n) is 3.64. The average molecular weight is 287 g/mol. The van der Waals surface area contributed by atoms with Crippen molar-refractivity contribution in [2.45, 2.75) is 39.8 Å². The molecule has 0 aliphatic heterocycles. The van der Waals surface area contributed by atoms with Crippen LogP contribution in [-0.2, 0) is 6.18 Å². The molecule has 2 unspecified atom stereocenters. The van der Waals surface area contributed by atoms with Crippen molar-refractivity contribution in [2.24, 2.45) is 11.8 Å². The molecule has 1 N–H and O–H groups in total. The van der Waals surface area contributed by atoms with E-state index >= 15 is 0 Å². The van der Waals surface area contributed by atoms with Crippen LogP contribution in [0.3, 0.4) is 0 Å². The summed E-state index contributed by atoms with van der Waals surface area (Å²) in [5.74, 6) is 1.21. The van der Waals surface area contributed by atoms with Gasteiger partial charge in [-0.3, -0.25) is 0 Å². The molecule has 1 aromatic carbocycles. The zero-order valence-corrected chi connectivity index (χ0v) is 12.6. The number of hydrogen-bond acceptors (Lipinski definition) is 1. The van der Waals surface area contributed by atoms with Gasteiger partial charge < -0.3 is 5.32 Å². The topological polar surface area (TPSA) is 12.0 Å². The molecule has 0 aliphatic rings. The molecule has 1 nitrogen and oxygen atoms in total. The van der Waals surface area contributed by atoms with Crippen LogP contribution in [0.15, 0.2) is 24.3 Å². The van der Waals surface area contributed by atoms with Crippen molar-refractivity contribution in [3.63, 3.8) is 0 Å². The van der Waals surface area contributed by atoms with Gasteiger partial charge in [0.25, 0.3) is 0 Å². The fraction of sp³-hybridized carbons (Fsp3) is 0.625. The van der Waals surface area contributed by atoms with Crippen LogP contribution in [0.1, 0.15) is 44.7 Å². The quantitative estimate of drug-likeness (QED) is 0.800. The molecule has 4 heteroatoms. The van der Waals surface area contributed by atoms with E-state index in [9.17, 15) is 13.2 Å². The van der Waals surface area contributed by atoms with Gasteiger partial charge >= 0.3 is 6.18 Å². The largest absolute Gasteiger partial charge is 0.416 e. The first-order valence-corrected chi connectivity index (χ1v) is 7.09. The van der Waals surface area contributed by atoms with Crippen molar-refractivity contribution in [2.75, 3.05) is 13.1 Å². The van der Waals surface area contributed by atoms with Crippen LogP contribution < -0.4 is 5.32 Å². The van der Waals surface area contributed by atoms with Gasteiger partial charge in [-0.1, -0.05) is 39.8 Å². The summed E-state index contributed by atoms with van der Waals surface area (Å²) < 4.78 is 37.5. The Bertz CT molecular complexity index is 395. The summed E-state index contributed by atoms with van der Waals surface area (Å²) in [4.78, 5) is 0. The van der Waals surface area contributed by atoms with Crippen LogP contribution in [0.2, 0.25) is 0 Å². The molecule has 0 amide bonds. The fourth-order valence-corrected chi connectivity index (χ4v) is 2.08. The number of benzene rings is 1. The predicted molar refractivity (Wildman–Crippen MR) is 76.7 cm³/mol. The van der Waals surface area contributed by atoms with Crippen LogP contribution in [0, 0.1) is 11.8 Å². The van der Waals surface area contributed by atoms with E-state index in [1.165, 1.54) is 12.1 Å². The van der Waals surface area contributed by atoms with Crippen LogP contribution >= 0.6 is 0 Å². The molecule has 1 aromatic rings. The second kappa shape index (κ2) is 7.11. The monoisotopic (exact) mass is 287 g/mol. The van der Waals surface area contributed by atoms with Gasteiger partial charge in [-0.2, -0.15) is 13.2 Å². The lowest BCUT2D eigenvalue weighted by molar-refractivity contribution is -0.137. The van der Waals surface area contributed by atoms with Gasteiger partial charge in [-0.25, -0.2) is 0 Å². The minimum atomic E-state index is -4.26. The standard InChI is InChI=1S/C16H24F3N/c1-11(2)9-20-10-12(3)13(4)14-5-7-15(8-6-14)16(17,18)19/h5-8,11-13,20H,9-10H2,1-4H3. The van der Waals surface area contributed by atoms with E-state index in [0.29, 0.717) is 11.8 Å². The van der Waals surface area contributed by atoms with Gasteiger partial charge in [0.2, 0.25) is 0 Å². The second-order valence-corrected chi connectivity index (χ2v) is 5.94. The molecular formula is C16H24F3N. The number of rotatable bonds is 6. The van der Waals surface area contributed by atoms with E-state index in [4.69, 9.17) is 0 Å². The van der Waals surface area contributed by atoms with E-state index in [2.05, 4.69) is 33.0 Å². The third-order valence-corrected chi connectivity index (χ3v) is 3.64. The van der Waals surface area contributed by atoms with E-state index < -0.39 is 11.7 Å². The van der Waals surface area contributed by atoms with Crippen molar-refractivity contribution in [1.82, 2.24) is 5.32 Å². The maximum absolute atomic E-state index is 12.5. The Morgan fingerprint density at radius 1 is 0.950 bits per heavy atom. The maximum Gasteiger partial charge on any atom is 0.416 e. The van der Waals surface area contributed by atoms with Gasteiger partial charge in [0, 0.05) is 0 Å². The average Bonchev–Trinajstić information content (AvgIpc) is 2.36. The normalized spacial score (nSPS) is 15.4. The Hall–Kier alpha value is -1.03. The Kier molecular flexibility index (Phi) is 6.06. The smallest absolute Gasteiger partial charge is 0.316 e. The van der Waals surface area contributed by atoms with Gasteiger partial charge in [0.05, 0.1) is 5.56 Å². The molecule has 0 spiro atoms. The lowest BCUT2D eigenvalue weighted by Gasteiger charge is -2.22. The summed E-state index contributed by atoms with van der Waals surface area (Å²) in [7, 11) is 0. The Balaban J connectivity index is 2.60. The molecule has 0 bridgehead atoms. The minimum Gasteiger partial charge on any atom is -0.316 e. The highest BCUT2D eigenvalue weighted by Gasteiger charge is 2.30. The number of nitrogens with one attached hydrogen (secondary N) is 1. The van der Waals surface area contributed by atoms with Gasteiger partial charge in [0.15, 0.2) is 0 Å². The molecule has 0 heterocycles. The number of alkyl halides is 3. The van der Waals surface area contributed by atoms with Gasteiger partial charge in [0.1, 0.15) is 0 Å². The molecule has 0 saturated heterocycles. The zero-order valence-electron chi connectivity index (χ0n) is 12.6. The van der Waals surface area contributed by atoms with Crippen LogP contribution in [0.4, 0.5) is 13.2 Å². The molecule has 0 aromatic heterocycles. The lowest BCUT2D eigenvalue weighted by atomic mass is 9.88. The van der Waals surface area contributed by atoms with Crippen molar-refractivity contribution in [3.8, 4) is 0 Å². The molecule has 0 radical (unpaired) electrons. The molecule has 0 aliphatic carbocycles. The Morgan fingerprint density at radius 2 is 1.50 bits per heavy atom. The fourth-order valence-electron chi connectivity index (χ4n) is 2.08. The molecule has 20 heavy (non-hydrogen) atoms. The third kappa shape index (κ3) is 5.16. The van der Waals surface area contributed by atoms with Crippen molar-refractivity contribution in [3.05, 3.63) is 35.4 Å². The van der Waals surface area contributed by atoms with Gasteiger partial charge in [-0.15, -0.1) is 0 Å². The molecule has 2 atom stereocenters. The Labute approximate surface area is 119 Å². The Morgan fingerprint density at radius 3 is 1.95 bits per heavy atom. The summed E-state index contributed by atoms with van der Waals surface area (Å²) in [5, 5.41) is 3.39. The van der Waals surface area contributed by atoms with E-state index in [0.717, 1.165) is 18.7 Å². The van der Waals surface area contributed by atoms with E-state index in [1.807, 2.05) is 0 Å². The highest BCUT2D eigenvalue weighted by molar-refractivity contribution is 5.27. The summed E-state index contributed by atoms with van der Waals surface area (Å²) >= 11 is 0. The zero-order chi connectivity index (χ0) is 15.3. The van der Waals surface area contributed by atoms with Crippen LogP contribution in [-0.4, -0.2) is 13.1 Å². The van der Waals surface area contributed by atoms with E-state index in [1.54, 1.807) is 12.1 Å². The van der Waals surface area contributed by atoms with Crippen molar-refractivity contribution >= 4 is 0 Å². The molecule has 1 rings (SSSR count). The highest BCUT2D eigenvalue weighted by Crippen LogP contribution is 2.31. The maximum atomic E-state index is 12.5. The van der Waals surface area contributed by atoms with Crippen LogP contribution in [0.25, 0.3) is 0 Å². The summed E-state index contributed by atoms with van der Waals surface area (Å²) in [6, 6.07) is 5.51. The molecule has 0 fully saturated rings.